The zero-order valence-corrected chi connectivity index (χ0v) is 8.97. The van der Waals surface area contributed by atoms with Gasteiger partial charge in [-0.2, -0.15) is 0 Å². The Morgan fingerprint density at radius 3 is 2.46 bits per heavy atom. The average molecular weight is 182 g/mol. The molecule has 0 aromatic rings. The molecule has 0 fully saturated rings. The van der Waals surface area contributed by atoms with Crippen LogP contribution in [-0.2, 0) is 0 Å². The molecular formula is C12H22O. The van der Waals surface area contributed by atoms with E-state index in [4.69, 9.17) is 0 Å². The van der Waals surface area contributed by atoms with Crippen LogP contribution in [0.2, 0.25) is 0 Å². The van der Waals surface area contributed by atoms with Crippen molar-refractivity contribution < 1.29 is 5.11 Å². The fourth-order valence-corrected chi connectivity index (χ4v) is 1.18. The summed E-state index contributed by atoms with van der Waals surface area (Å²) in [5, 5.41) is 9.28. The molecule has 0 aliphatic carbocycles. The van der Waals surface area contributed by atoms with Gasteiger partial charge in [0.15, 0.2) is 0 Å². The molecule has 0 heterocycles. The van der Waals surface area contributed by atoms with E-state index in [0.29, 0.717) is 0 Å². The van der Waals surface area contributed by atoms with E-state index >= 15 is 0 Å². The van der Waals surface area contributed by atoms with Gasteiger partial charge in [-0.15, -0.1) is 5.92 Å². The number of hydrogen-bond acceptors (Lipinski definition) is 1. The van der Waals surface area contributed by atoms with Gasteiger partial charge in [-0.3, -0.25) is 0 Å². The molecule has 1 heteroatoms. The maximum atomic E-state index is 9.28. The molecule has 1 atom stereocenters. The van der Waals surface area contributed by atoms with Crippen LogP contribution in [0.5, 0.6) is 0 Å². The first kappa shape index (κ1) is 12.5. The van der Waals surface area contributed by atoms with E-state index in [9.17, 15) is 5.11 Å². The SMILES string of the molecule is CCCCCCC#C[C@H](O)CCC. The summed E-state index contributed by atoms with van der Waals surface area (Å²) in [5.41, 5.74) is 0. The molecule has 0 bridgehead atoms. The molecule has 13 heavy (non-hydrogen) atoms. The van der Waals surface area contributed by atoms with Gasteiger partial charge in [0.2, 0.25) is 0 Å². The van der Waals surface area contributed by atoms with E-state index in [0.717, 1.165) is 19.3 Å². The van der Waals surface area contributed by atoms with Crippen molar-refractivity contribution in [3.63, 3.8) is 0 Å². The van der Waals surface area contributed by atoms with Gasteiger partial charge in [-0.1, -0.05) is 45.5 Å². The highest BCUT2D eigenvalue weighted by Crippen LogP contribution is 2.01. The Hall–Kier alpha value is -0.480. The van der Waals surface area contributed by atoms with Gasteiger partial charge in [0.05, 0.1) is 0 Å². The molecule has 0 aliphatic rings. The third kappa shape index (κ3) is 9.43. The Morgan fingerprint density at radius 2 is 1.85 bits per heavy atom. The molecule has 0 aromatic carbocycles. The molecule has 0 rings (SSSR count). The van der Waals surface area contributed by atoms with Crippen molar-refractivity contribution in [1.29, 1.82) is 0 Å². The van der Waals surface area contributed by atoms with Crippen molar-refractivity contribution >= 4 is 0 Å². The number of hydrogen-bond donors (Lipinski definition) is 1. The molecule has 1 N–H and O–H groups in total. The third-order valence-corrected chi connectivity index (χ3v) is 1.99. The van der Waals surface area contributed by atoms with Gasteiger partial charge >= 0.3 is 0 Å². The number of aliphatic hydroxyl groups excluding tert-OH is 1. The molecule has 0 saturated heterocycles. The largest absolute Gasteiger partial charge is 0.380 e. The number of rotatable bonds is 6. The normalized spacial score (nSPS) is 11.9. The Kier molecular flexibility index (Phi) is 9.25. The van der Waals surface area contributed by atoms with E-state index < -0.39 is 6.10 Å². The molecule has 0 unspecified atom stereocenters. The molecule has 76 valence electrons. The summed E-state index contributed by atoms with van der Waals surface area (Å²) in [6.07, 6.45) is 7.39. The van der Waals surface area contributed by atoms with Gasteiger partial charge in [0.25, 0.3) is 0 Å². The minimum Gasteiger partial charge on any atom is -0.380 e. The van der Waals surface area contributed by atoms with Crippen molar-refractivity contribution in [2.24, 2.45) is 0 Å². The summed E-state index contributed by atoms with van der Waals surface area (Å²) in [6, 6.07) is 0. The molecule has 0 aliphatic heterocycles. The standard InChI is InChI=1S/C12H22O/c1-3-5-6-7-8-9-11-12(13)10-4-2/h12-13H,3-8,10H2,1-2H3/t12-/m1/s1. The number of aliphatic hydroxyl groups is 1. The first-order valence-corrected chi connectivity index (χ1v) is 5.47. The zero-order chi connectivity index (χ0) is 9.94. The minimum absolute atomic E-state index is 0.392. The van der Waals surface area contributed by atoms with Gasteiger partial charge in [0, 0.05) is 6.42 Å². The van der Waals surface area contributed by atoms with Crippen LogP contribution < -0.4 is 0 Å². The molecular weight excluding hydrogens is 160 g/mol. The summed E-state index contributed by atoms with van der Waals surface area (Å²) in [7, 11) is 0. The second-order valence-corrected chi connectivity index (χ2v) is 3.44. The summed E-state index contributed by atoms with van der Waals surface area (Å²) in [5.74, 6) is 5.89. The molecule has 0 aromatic heterocycles. The summed E-state index contributed by atoms with van der Waals surface area (Å²) in [4.78, 5) is 0. The maximum absolute atomic E-state index is 9.28. The van der Waals surface area contributed by atoms with Crippen LogP contribution in [0.15, 0.2) is 0 Å². The van der Waals surface area contributed by atoms with Crippen molar-refractivity contribution in [2.75, 3.05) is 0 Å². The predicted molar refractivity (Wildman–Crippen MR) is 57.4 cm³/mol. The molecule has 0 amide bonds. The third-order valence-electron chi connectivity index (χ3n) is 1.99. The fourth-order valence-electron chi connectivity index (χ4n) is 1.18. The van der Waals surface area contributed by atoms with Crippen molar-refractivity contribution in [2.45, 2.75) is 64.9 Å². The van der Waals surface area contributed by atoms with Crippen LogP contribution in [0.1, 0.15) is 58.8 Å². The van der Waals surface area contributed by atoms with Crippen molar-refractivity contribution in [3.8, 4) is 11.8 Å². The van der Waals surface area contributed by atoms with Gasteiger partial charge in [-0.05, 0) is 12.8 Å². The lowest BCUT2D eigenvalue weighted by Gasteiger charge is -1.97. The van der Waals surface area contributed by atoms with Gasteiger partial charge in [0.1, 0.15) is 6.10 Å². The van der Waals surface area contributed by atoms with E-state index in [1.165, 1.54) is 25.7 Å². The predicted octanol–water partition coefficient (Wildman–Crippen LogP) is 3.12. The maximum Gasteiger partial charge on any atom is 0.114 e. The topological polar surface area (TPSA) is 20.2 Å². The quantitative estimate of drug-likeness (QED) is 0.494. The van der Waals surface area contributed by atoms with E-state index in [2.05, 4.69) is 25.7 Å². The fraction of sp³-hybridized carbons (Fsp3) is 0.833. The zero-order valence-electron chi connectivity index (χ0n) is 8.97. The lowest BCUT2D eigenvalue weighted by Crippen LogP contribution is -2.00. The molecule has 0 spiro atoms. The second-order valence-electron chi connectivity index (χ2n) is 3.44. The van der Waals surface area contributed by atoms with E-state index in [-0.39, 0.29) is 0 Å². The minimum atomic E-state index is -0.392. The highest BCUT2D eigenvalue weighted by atomic mass is 16.3. The number of unbranched alkanes of at least 4 members (excludes halogenated alkanes) is 4. The lowest BCUT2D eigenvalue weighted by molar-refractivity contribution is 0.221. The van der Waals surface area contributed by atoms with Crippen molar-refractivity contribution in [1.82, 2.24) is 0 Å². The highest BCUT2D eigenvalue weighted by Gasteiger charge is 1.93. The smallest absolute Gasteiger partial charge is 0.114 e. The Balaban J connectivity index is 3.28. The van der Waals surface area contributed by atoms with Crippen LogP contribution in [-0.4, -0.2) is 11.2 Å². The Labute approximate surface area is 82.5 Å². The van der Waals surface area contributed by atoms with Crippen LogP contribution in [0.25, 0.3) is 0 Å². The van der Waals surface area contributed by atoms with Crippen LogP contribution in [0, 0.1) is 11.8 Å². The first-order valence-electron chi connectivity index (χ1n) is 5.47. The Morgan fingerprint density at radius 1 is 1.08 bits per heavy atom. The lowest BCUT2D eigenvalue weighted by atomic mass is 10.1. The average Bonchev–Trinajstić information content (AvgIpc) is 2.11. The second kappa shape index (κ2) is 9.61. The summed E-state index contributed by atoms with van der Waals surface area (Å²) >= 11 is 0. The van der Waals surface area contributed by atoms with E-state index in [1.54, 1.807) is 0 Å². The van der Waals surface area contributed by atoms with Crippen LogP contribution in [0.4, 0.5) is 0 Å². The molecule has 1 nitrogen and oxygen atoms in total. The van der Waals surface area contributed by atoms with E-state index in [1.807, 2.05) is 0 Å². The highest BCUT2D eigenvalue weighted by molar-refractivity contribution is 5.04. The Bertz CT molecular complexity index is 152. The summed E-state index contributed by atoms with van der Waals surface area (Å²) in [6.45, 7) is 4.27. The first-order chi connectivity index (χ1) is 6.31. The summed E-state index contributed by atoms with van der Waals surface area (Å²) < 4.78 is 0. The van der Waals surface area contributed by atoms with Gasteiger partial charge in [-0.25, -0.2) is 0 Å². The van der Waals surface area contributed by atoms with Crippen LogP contribution >= 0.6 is 0 Å². The molecule has 0 saturated carbocycles. The van der Waals surface area contributed by atoms with Crippen LogP contribution in [0.3, 0.4) is 0 Å². The van der Waals surface area contributed by atoms with Gasteiger partial charge < -0.3 is 5.11 Å². The van der Waals surface area contributed by atoms with Crippen molar-refractivity contribution in [3.05, 3.63) is 0 Å². The molecule has 0 radical (unpaired) electrons. The monoisotopic (exact) mass is 182 g/mol.